The fraction of sp³-hybridized carbons (Fsp3) is 0.143. The average Bonchev–Trinajstić information content (AvgIpc) is 3.07. The van der Waals surface area contributed by atoms with Gasteiger partial charge >= 0.3 is 0 Å². The molecular weight excluding hydrogens is 535 g/mol. The van der Waals surface area contributed by atoms with Crippen LogP contribution >= 0.6 is 8.58 Å². The first-order valence-electron chi connectivity index (χ1n) is 15.4. The number of benzene rings is 6. The second-order valence-corrected chi connectivity index (χ2v) is 12.8. The molecule has 6 aromatic carbocycles. The lowest BCUT2D eigenvalue weighted by Gasteiger charge is -2.16. The van der Waals surface area contributed by atoms with Crippen LogP contribution in [0.5, 0.6) is 0 Å². The molecule has 6 aromatic rings. The van der Waals surface area contributed by atoms with Crippen LogP contribution in [-0.4, -0.2) is 0 Å². The largest absolute Gasteiger partial charge is 0.0622 e. The van der Waals surface area contributed by atoms with Gasteiger partial charge in [0.05, 0.1) is 0 Å². The van der Waals surface area contributed by atoms with E-state index >= 15 is 0 Å². The van der Waals surface area contributed by atoms with Crippen LogP contribution in [0.4, 0.5) is 0 Å². The second kappa shape index (κ2) is 14.8. The van der Waals surface area contributed by atoms with E-state index in [1.165, 1.54) is 55.1 Å². The summed E-state index contributed by atoms with van der Waals surface area (Å²) in [6, 6.07) is 58.1. The van der Waals surface area contributed by atoms with Crippen molar-refractivity contribution in [1.82, 2.24) is 0 Å². The van der Waals surface area contributed by atoms with Crippen molar-refractivity contribution in [2.45, 2.75) is 38.5 Å². The topological polar surface area (TPSA) is 0 Å². The van der Waals surface area contributed by atoms with Crippen molar-refractivity contribution in [1.29, 1.82) is 0 Å². The Bertz CT molecular complexity index is 1690. The molecular formula is C42H39P. The minimum absolute atomic E-state index is 0.650. The summed E-state index contributed by atoms with van der Waals surface area (Å²) < 4.78 is 0. The van der Waals surface area contributed by atoms with Gasteiger partial charge in [-0.3, -0.25) is 0 Å². The van der Waals surface area contributed by atoms with Gasteiger partial charge in [-0.1, -0.05) is 166 Å². The van der Waals surface area contributed by atoms with Crippen LogP contribution < -0.4 is 10.6 Å². The Kier molecular flexibility index (Phi) is 9.91. The second-order valence-electron chi connectivity index (χ2n) is 11.4. The zero-order chi connectivity index (χ0) is 29.1. The number of rotatable bonds is 12. The van der Waals surface area contributed by atoms with E-state index in [4.69, 9.17) is 0 Å². The molecule has 6 rings (SSSR count). The van der Waals surface area contributed by atoms with Crippen LogP contribution in [0.25, 0.3) is 0 Å². The predicted molar refractivity (Wildman–Crippen MR) is 187 cm³/mol. The quantitative estimate of drug-likeness (QED) is 0.128. The van der Waals surface area contributed by atoms with Crippen molar-refractivity contribution < 1.29 is 0 Å². The van der Waals surface area contributed by atoms with Gasteiger partial charge in [-0.25, -0.2) is 0 Å². The molecule has 0 spiro atoms. The van der Waals surface area contributed by atoms with Gasteiger partial charge in [-0.15, -0.1) is 0 Å². The van der Waals surface area contributed by atoms with Gasteiger partial charge in [-0.2, -0.15) is 0 Å². The lowest BCUT2D eigenvalue weighted by molar-refractivity contribution is 0.956. The highest BCUT2D eigenvalue weighted by atomic mass is 31.1. The Morgan fingerprint density at radius 3 is 1.26 bits per heavy atom. The molecule has 0 aliphatic heterocycles. The van der Waals surface area contributed by atoms with Gasteiger partial charge in [0, 0.05) is 0 Å². The maximum absolute atomic E-state index is 2.34. The lowest BCUT2D eigenvalue weighted by atomic mass is 9.93. The van der Waals surface area contributed by atoms with Crippen molar-refractivity contribution in [3.05, 3.63) is 202 Å². The molecule has 1 heteroatoms. The maximum atomic E-state index is 2.34. The van der Waals surface area contributed by atoms with Gasteiger partial charge in [0.1, 0.15) is 0 Å². The van der Waals surface area contributed by atoms with E-state index in [1.54, 1.807) is 0 Å². The van der Waals surface area contributed by atoms with Crippen LogP contribution in [0, 0.1) is 0 Å². The van der Waals surface area contributed by atoms with E-state index in [-0.39, 0.29) is 0 Å². The van der Waals surface area contributed by atoms with E-state index in [1.807, 2.05) is 0 Å². The highest BCUT2D eigenvalue weighted by Gasteiger charge is 2.12. The van der Waals surface area contributed by atoms with Crippen molar-refractivity contribution in [3.63, 3.8) is 0 Å². The van der Waals surface area contributed by atoms with Gasteiger partial charge in [-0.05, 0) is 93.6 Å². The zero-order valence-electron chi connectivity index (χ0n) is 24.8. The van der Waals surface area contributed by atoms with Crippen molar-refractivity contribution >= 4 is 19.2 Å². The molecule has 0 radical (unpaired) electrons. The molecule has 0 heterocycles. The Morgan fingerprint density at radius 2 is 0.744 bits per heavy atom. The first-order chi connectivity index (χ1) is 21.3. The summed E-state index contributed by atoms with van der Waals surface area (Å²) >= 11 is 0. The Balaban J connectivity index is 1.19. The first kappa shape index (κ1) is 28.9. The molecule has 0 amide bonds. The molecule has 0 aliphatic rings. The fourth-order valence-electron chi connectivity index (χ4n) is 5.74. The van der Waals surface area contributed by atoms with Crippen LogP contribution in [0.1, 0.15) is 44.5 Å². The van der Waals surface area contributed by atoms with Crippen LogP contribution in [0.2, 0.25) is 0 Å². The van der Waals surface area contributed by atoms with Crippen LogP contribution in [-0.2, 0) is 38.5 Å². The maximum Gasteiger partial charge on any atom is -0.00166 e. The summed E-state index contributed by atoms with van der Waals surface area (Å²) in [6.07, 6.45) is 6.22. The van der Waals surface area contributed by atoms with Crippen molar-refractivity contribution in [3.8, 4) is 0 Å². The third-order valence-electron chi connectivity index (χ3n) is 8.24. The van der Waals surface area contributed by atoms with Crippen molar-refractivity contribution in [2.75, 3.05) is 0 Å². The summed E-state index contributed by atoms with van der Waals surface area (Å²) in [5, 5.41) is 2.84. The lowest BCUT2D eigenvalue weighted by Crippen LogP contribution is -2.13. The summed E-state index contributed by atoms with van der Waals surface area (Å²) in [4.78, 5) is 0. The van der Waals surface area contributed by atoms with Gasteiger partial charge in [0.2, 0.25) is 0 Å². The molecule has 212 valence electrons. The smallest absolute Gasteiger partial charge is 0.00166 e. The summed E-state index contributed by atoms with van der Waals surface area (Å²) in [5.41, 5.74) is 11.3. The van der Waals surface area contributed by atoms with Gasteiger partial charge < -0.3 is 0 Å². The molecule has 0 aliphatic carbocycles. The summed E-state index contributed by atoms with van der Waals surface area (Å²) in [5.74, 6) is 0. The predicted octanol–water partition coefficient (Wildman–Crippen LogP) is 9.07. The highest BCUT2D eigenvalue weighted by Crippen LogP contribution is 2.24. The number of aryl methyl sites for hydroxylation is 4. The number of hydrogen-bond donors (Lipinski definition) is 0. The summed E-state index contributed by atoms with van der Waals surface area (Å²) in [7, 11) is 0.650. The van der Waals surface area contributed by atoms with E-state index in [0.717, 1.165) is 38.5 Å². The molecule has 0 nitrogen and oxygen atoms in total. The Hall–Kier alpha value is -4.25. The molecule has 0 aromatic heterocycles. The summed E-state index contributed by atoms with van der Waals surface area (Å²) in [6.45, 7) is 0. The number of hydrogen-bond acceptors (Lipinski definition) is 0. The van der Waals surface area contributed by atoms with Gasteiger partial charge in [0.15, 0.2) is 0 Å². The first-order valence-corrected chi connectivity index (χ1v) is 16.4. The van der Waals surface area contributed by atoms with E-state index in [2.05, 4.69) is 158 Å². The molecule has 0 saturated heterocycles. The Morgan fingerprint density at radius 1 is 0.326 bits per heavy atom. The van der Waals surface area contributed by atoms with Gasteiger partial charge in [0.25, 0.3) is 0 Å². The average molecular weight is 575 g/mol. The SMILES string of the molecule is c1ccc(CCc2ccc(Cc3cccc(Pc4ccccc4)c3Cc3ccc(CCc4ccccc4)cc3)cc2)cc1. The monoisotopic (exact) mass is 574 g/mol. The zero-order valence-corrected chi connectivity index (χ0v) is 25.8. The third kappa shape index (κ3) is 8.41. The van der Waals surface area contributed by atoms with E-state index in [0.29, 0.717) is 8.58 Å². The highest BCUT2D eigenvalue weighted by molar-refractivity contribution is 7.55. The van der Waals surface area contributed by atoms with E-state index in [9.17, 15) is 0 Å². The van der Waals surface area contributed by atoms with Crippen LogP contribution in [0.3, 0.4) is 0 Å². The molecule has 1 unspecified atom stereocenters. The standard InChI is InChI=1S/C42H39P/c1-4-11-33(12-5-1)19-21-35-23-27-37(28-24-35)31-39-15-10-18-42(43-40-16-8-3-9-17-40)41(39)32-38-29-25-36(26-30-38)22-20-34-13-6-2-7-14-34/h1-18,23-30,43H,19-22,31-32H2. The minimum Gasteiger partial charge on any atom is -0.0622 e. The molecule has 0 fully saturated rings. The molecule has 0 N–H and O–H groups in total. The molecule has 43 heavy (non-hydrogen) atoms. The fourth-order valence-corrected chi connectivity index (χ4v) is 6.99. The Labute approximate surface area is 259 Å². The van der Waals surface area contributed by atoms with Crippen LogP contribution in [0.15, 0.2) is 158 Å². The normalized spacial score (nSPS) is 11.3. The van der Waals surface area contributed by atoms with E-state index < -0.39 is 0 Å². The minimum atomic E-state index is 0.650. The molecule has 0 saturated carbocycles. The third-order valence-corrected chi connectivity index (χ3v) is 9.60. The molecule has 1 atom stereocenters. The molecule has 0 bridgehead atoms. The van der Waals surface area contributed by atoms with Crippen molar-refractivity contribution in [2.24, 2.45) is 0 Å².